The van der Waals surface area contributed by atoms with Crippen LogP contribution in [0.1, 0.15) is 38.5 Å². The largest absolute Gasteiger partial charge is 0.415 e. The summed E-state index contributed by atoms with van der Waals surface area (Å²) in [6.45, 7) is 0. The minimum atomic E-state index is -5.47. The fraction of sp³-hybridized carbons (Fsp3) is 1.00. The molecule has 252 valence electrons. The highest BCUT2D eigenvalue weighted by molar-refractivity contribution is 6.94. The molecule has 1 fully saturated rings. The Morgan fingerprint density at radius 3 is 0.476 bits per heavy atom. The van der Waals surface area contributed by atoms with Crippen LogP contribution >= 0.6 is 0 Å². The fourth-order valence-corrected chi connectivity index (χ4v) is 23.5. The first-order valence-corrected chi connectivity index (χ1v) is 18.6. The molecule has 0 N–H and O–H groups in total. The van der Waals surface area contributed by atoms with Gasteiger partial charge in [-0.2, -0.15) is 79.0 Å². The summed E-state index contributed by atoms with van der Waals surface area (Å²) < 4.78 is 252. The van der Waals surface area contributed by atoms with Gasteiger partial charge in [-0.1, -0.05) is 0 Å². The smallest absolute Gasteiger partial charge is 0.389 e. The molecule has 1 saturated heterocycles. The standard InChI is InChI=1S/C18H24F18O3Si3/c19-13(20,21)1-7-40(8-2-14(22,23)24)37-41(9-3-15(25,26)27,10-4-16(28,29)30)39-42(38-40,11-5-17(31,32)33)12-6-18(34,35)36/h1-12H2. The van der Waals surface area contributed by atoms with Crippen molar-refractivity contribution in [1.29, 1.82) is 0 Å². The molecule has 0 unspecified atom stereocenters. The van der Waals surface area contributed by atoms with Crippen molar-refractivity contribution < 1.29 is 91.4 Å². The van der Waals surface area contributed by atoms with Crippen LogP contribution in [-0.4, -0.2) is 62.7 Å². The molecule has 0 bridgehead atoms. The highest BCUT2D eigenvalue weighted by Crippen LogP contribution is 2.49. The number of halogens is 18. The average Bonchev–Trinajstić information content (AvgIpc) is 2.74. The van der Waals surface area contributed by atoms with Gasteiger partial charge in [-0.05, 0) is 36.3 Å². The van der Waals surface area contributed by atoms with E-state index >= 15 is 0 Å². The van der Waals surface area contributed by atoms with Crippen LogP contribution in [-0.2, 0) is 12.3 Å². The van der Waals surface area contributed by atoms with E-state index in [-0.39, 0.29) is 0 Å². The maximum atomic E-state index is 13.1. The van der Waals surface area contributed by atoms with Crippen molar-refractivity contribution in [3.8, 4) is 0 Å². The Morgan fingerprint density at radius 2 is 0.381 bits per heavy atom. The molecule has 0 aromatic carbocycles. The summed E-state index contributed by atoms with van der Waals surface area (Å²) in [5.74, 6) is 0. The van der Waals surface area contributed by atoms with Crippen molar-refractivity contribution >= 4 is 25.7 Å². The summed E-state index contributed by atoms with van der Waals surface area (Å²) >= 11 is 0. The van der Waals surface area contributed by atoms with Crippen molar-refractivity contribution in [3.05, 3.63) is 0 Å². The molecule has 1 aliphatic heterocycles. The second kappa shape index (κ2) is 13.3. The van der Waals surface area contributed by atoms with Gasteiger partial charge in [0.1, 0.15) is 0 Å². The molecule has 0 aromatic heterocycles. The molecule has 0 amide bonds. The summed E-state index contributed by atoms with van der Waals surface area (Å²) in [5.41, 5.74) is 0. The predicted octanol–water partition coefficient (Wildman–Crippen LogP) is 10.1. The van der Waals surface area contributed by atoms with E-state index in [1.807, 2.05) is 0 Å². The van der Waals surface area contributed by atoms with Gasteiger partial charge in [0, 0.05) is 38.5 Å². The minimum absolute atomic E-state index is 1.64. The van der Waals surface area contributed by atoms with Crippen LogP contribution < -0.4 is 0 Å². The third-order valence-corrected chi connectivity index (χ3v) is 20.9. The third kappa shape index (κ3) is 16.4. The molecule has 42 heavy (non-hydrogen) atoms. The Morgan fingerprint density at radius 1 is 0.262 bits per heavy atom. The number of alkyl halides is 18. The minimum Gasteiger partial charge on any atom is -0.415 e. The average molecular weight is 715 g/mol. The summed E-state index contributed by atoms with van der Waals surface area (Å²) in [5, 5.41) is 0. The summed E-state index contributed by atoms with van der Waals surface area (Å²) in [6.07, 6.45) is -44.0. The van der Waals surface area contributed by atoms with Crippen LogP contribution in [0.3, 0.4) is 0 Å². The zero-order chi connectivity index (χ0) is 33.1. The van der Waals surface area contributed by atoms with Gasteiger partial charge in [-0.3, -0.25) is 0 Å². The lowest BCUT2D eigenvalue weighted by Crippen LogP contribution is -2.71. The second-order valence-corrected chi connectivity index (χ2v) is 20.6. The van der Waals surface area contributed by atoms with Gasteiger partial charge in [-0.25, -0.2) is 0 Å². The number of hydrogen-bond acceptors (Lipinski definition) is 3. The van der Waals surface area contributed by atoms with Crippen molar-refractivity contribution in [2.45, 2.75) is 112 Å². The first kappa shape index (κ1) is 39.3. The molecular formula is C18H24F18O3Si3. The zero-order valence-corrected chi connectivity index (χ0v) is 24.0. The summed E-state index contributed by atoms with van der Waals surface area (Å²) in [6, 6.07) is -9.86. The molecule has 0 aliphatic carbocycles. The maximum Gasteiger partial charge on any atom is 0.389 e. The van der Waals surface area contributed by atoms with Crippen LogP contribution in [0.25, 0.3) is 0 Å². The predicted molar refractivity (Wildman–Crippen MR) is 113 cm³/mol. The lowest BCUT2D eigenvalue weighted by molar-refractivity contribution is -0.133. The molecule has 0 saturated carbocycles. The summed E-state index contributed by atoms with van der Waals surface area (Å²) in [7, 11) is -16.4. The highest BCUT2D eigenvalue weighted by Gasteiger charge is 2.64. The van der Waals surface area contributed by atoms with Gasteiger partial charge in [0.25, 0.3) is 0 Å². The van der Waals surface area contributed by atoms with Crippen LogP contribution in [0.5, 0.6) is 0 Å². The van der Waals surface area contributed by atoms with E-state index in [0.717, 1.165) is 0 Å². The fourth-order valence-electron chi connectivity index (χ4n) is 4.06. The van der Waals surface area contributed by atoms with E-state index in [1.165, 1.54) is 0 Å². The van der Waals surface area contributed by atoms with Crippen LogP contribution in [0.4, 0.5) is 79.0 Å². The van der Waals surface area contributed by atoms with Gasteiger partial charge in [0.15, 0.2) is 0 Å². The zero-order valence-electron chi connectivity index (χ0n) is 21.0. The van der Waals surface area contributed by atoms with Gasteiger partial charge in [0.2, 0.25) is 0 Å². The van der Waals surface area contributed by atoms with Crippen LogP contribution in [0, 0.1) is 0 Å². The topological polar surface area (TPSA) is 27.7 Å². The van der Waals surface area contributed by atoms with Crippen molar-refractivity contribution in [1.82, 2.24) is 0 Å². The first-order chi connectivity index (χ1) is 18.4. The lowest BCUT2D eigenvalue weighted by Gasteiger charge is -2.54. The maximum absolute atomic E-state index is 13.1. The molecule has 24 heteroatoms. The molecule has 1 aliphatic rings. The lowest BCUT2D eigenvalue weighted by atomic mass is 10.5. The Kier molecular flexibility index (Phi) is 12.5. The van der Waals surface area contributed by atoms with Gasteiger partial charge < -0.3 is 12.3 Å². The molecular weight excluding hydrogens is 690 g/mol. The van der Waals surface area contributed by atoms with E-state index in [1.54, 1.807) is 0 Å². The third-order valence-electron chi connectivity index (χ3n) is 5.85. The Hall–Kier alpha value is -0.729. The monoisotopic (exact) mass is 714 g/mol. The van der Waals surface area contributed by atoms with Crippen molar-refractivity contribution in [3.63, 3.8) is 0 Å². The Labute approximate surface area is 229 Å². The van der Waals surface area contributed by atoms with Crippen LogP contribution in [0.15, 0.2) is 0 Å². The molecule has 3 nitrogen and oxygen atoms in total. The van der Waals surface area contributed by atoms with E-state index < -0.39 is 138 Å². The van der Waals surface area contributed by atoms with Crippen molar-refractivity contribution in [2.75, 3.05) is 0 Å². The second-order valence-electron chi connectivity index (χ2n) is 9.73. The van der Waals surface area contributed by atoms with Crippen LogP contribution in [0.2, 0.25) is 36.3 Å². The Bertz CT molecular complexity index is 671. The number of hydrogen-bond donors (Lipinski definition) is 0. The molecule has 0 atom stereocenters. The SMILES string of the molecule is FC(F)(F)CC[Si]1(CCC(F)(F)F)O[Si](CCC(F)(F)F)(CCC(F)(F)F)O[Si](CCC(F)(F)F)(CCC(F)(F)F)O1. The molecule has 1 rings (SSSR count). The van der Waals surface area contributed by atoms with Gasteiger partial charge >= 0.3 is 62.7 Å². The van der Waals surface area contributed by atoms with E-state index in [0.29, 0.717) is 0 Å². The van der Waals surface area contributed by atoms with E-state index in [2.05, 4.69) is 0 Å². The molecule has 0 spiro atoms. The first-order valence-electron chi connectivity index (χ1n) is 11.9. The van der Waals surface area contributed by atoms with Gasteiger partial charge in [-0.15, -0.1) is 0 Å². The van der Waals surface area contributed by atoms with Gasteiger partial charge in [0.05, 0.1) is 0 Å². The molecule has 0 aromatic rings. The summed E-state index contributed by atoms with van der Waals surface area (Å²) in [4.78, 5) is 0. The molecule has 0 radical (unpaired) electrons. The van der Waals surface area contributed by atoms with Crippen molar-refractivity contribution in [2.24, 2.45) is 0 Å². The Balaban J connectivity index is 3.90. The number of rotatable bonds is 12. The quantitative estimate of drug-likeness (QED) is 0.149. The molecule has 1 heterocycles. The van der Waals surface area contributed by atoms with E-state index in [4.69, 9.17) is 12.3 Å². The normalized spacial score (nSPS) is 20.1. The van der Waals surface area contributed by atoms with E-state index in [9.17, 15) is 79.0 Å². The highest BCUT2D eigenvalue weighted by atomic mass is 28.5.